The van der Waals surface area contributed by atoms with Crippen LogP contribution in [-0.4, -0.2) is 37.5 Å². The standard InChI is InChI=1S/C15H21ClN2O/c1-11-9-13(16)3-4-14(11)15(19)18(2)10-12-5-7-17-8-6-12/h3-4,9,12,17H,5-8,10H2,1-2H3. The summed E-state index contributed by atoms with van der Waals surface area (Å²) in [6, 6.07) is 5.44. The number of carbonyl (C=O) groups excluding carboxylic acids is 1. The van der Waals surface area contributed by atoms with E-state index in [1.807, 2.05) is 31.0 Å². The molecule has 1 aliphatic rings. The van der Waals surface area contributed by atoms with Crippen molar-refractivity contribution in [1.82, 2.24) is 10.2 Å². The van der Waals surface area contributed by atoms with Crippen LogP contribution in [0.3, 0.4) is 0 Å². The lowest BCUT2D eigenvalue weighted by Gasteiger charge is -2.28. The van der Waals surface area contributed by atoms with Crippen LogP contribution in [0.25, 0.3) is 0 Å². The number of amides is 1. The zero-order chi connectivity index (χ0) is 13.8. The van der Waals surface area contributed by atoms with Crippen molar-refractivity contribution in [3.8, 4) is 0 Å². The Labute approximate surface area is 119 Å². The molecule has 0 atom stereocenters. The molecule has 1 heterocycles. The van der Waals surface area contributed by atoms with E-state index in [0.717, 1.165) is 43.6 Å². The van der Waals surface area contributed by atoms with E-state index in [2.05, 4.69) is 5.32 Å². The Morgan fingerprint density at radius 3 is 2.74 bits per heavy atom. The number of hydrogen-bond acceptors (Lipinski definition) is 2. The van der Waals surface area contributed by atoms with Crippen molar-refractivity contribution in [3.63, 3.8) is 0 Å². The highest BCUT2D eigenvalue weighted by atomic mass is 35.5. The van der Waals surface area contributed by atoms with Gasteiger partial charge in [0.15, 0.2) is 0 Å². The zero-order valence-electron chi connectivity index (χ0n) is 11.6. The van der Waals surface area contributed by atoms with Gasteiger partial charge in [0.2, 0.25) is 0 Å². The topological polar surface area (TPSA) is 32.3 Å². The Balaban J connectivity index is 2.01. The van der Waals surface area contributed by atoms with Gasteiger partial charge in [-0.15, -0.1) is 0 Å². The third-order valence-corrected chi connectivity index (χ3v) is 3.99. The molecule has 0 aromatic heterocycles. The molecule has 1 amide bonds. The molecule has 1 fully saturated rings. The fourth-order valence-electron chi connectivity index (χ4n) is 2.61. The summed E-state index contributed by atoms with van der Waals surface area (Å²) < 4.78 is 0. The number of nitrogens with zero attached hydrogens (tertiary/aromatic N) is 1. The number of rotatable bonds is 3. The second-order valence-corrected chi connectivity index (χ2v) is 5.77. The lowest BCUT2D eigenvalue weighted by molar-refractivity contribution is 0.0762. The molecule has 0 radical (unpaired) electrons. The molecule has 4 heteroatoms. The molecule has 19 heavy (non-hydrogen) atoms. The van der Waals surface area contributed by atoms with Crippen molar-refractivity contribution in [1.29, 1.82) is 0 Å². The number of benzene rings is 1. The van der Waals surface area contributed by atoms with Crippen LogP contribution in [0.2, 0.25) is 5.02 Å². The molecule has 3 nitrogen and oxygen atoms in total. The molecule has 0 saturated carbocycles. The Hall–Kier alpha value is -1.06. The quantitative estimate of drug-likeness (QED) is 0.923. The first kappa shape index (κ1) is 14.4. The Morgan fingerprint density at radius 2 is 2.11 bits per heavy atom. The number of halogens is 1. The molecule has 0 aliphatic carbocycles. The largest absolute Gasteiger partial charge is 0.341 e. The van der Waals surface area contributed by atoms with Crippen LogP contribution in [0, 0.1) is 12.8 Å². The molecule has 1 aromatic carbocycles. The number of piperidine rings is 1. The highest BCUT2D eigenvalue weighted by Crippen LogP contribution is 2.18. The number of carbonyl (C=O) groups is 1. The summed E-state index contributed by atoms with van der Waals surface area (Å²) in [5.74, 6) is 0.704. The van der Waals surface area contributed by atoms with Crippen molar-refractivity contribution in [2.24, 2.45) is 5.92 Å². The Bertz CT molecular complexity index is 455. The van der Waals surface area contributed by atoms with Crippen LogP contribution in [0.15, 0.2) is 18.2 Å². The third-order valence-electron chi connectivity index (χ3n) is 3.76. The minimum absolute atomic E-state index is 0.0905. The fraction of sp³-hybridized carbons (Fsp3) is 0.533. The van der Waals surface area contributed by atoms with Gasteiger partial charge in [0.25, 0.3) is 5.91 Å². The molecule has 1 aliphatic heterocycles. The Morgan fingerprint density at radius 1 is 1.42 bits per heavy atom. The van der Waals surface area contributed by atoms with Crippen molar-refractivity contribution in [2.75, 3.05) is 26.7 Å². The molecule has 2 rings (SSSR count). The molecule has 0 bridgehead atoms. The van der Waals surface area contributed by atoms with Crippen LogP contribution in [0.5, 0.6) is 0 Å². The Kier molecular flexibility index (Phi) is 4.83. The van der Waals surface area contributed by atoms with Gasteiger partial charge in [-0.1, -0.05) is 11.6 Å². The highest BCUT2D eigenvalue weighted by molar-refractivity contribution is 6.30. The second kappa shape index (κ2) is 6.40. The van der Waals surface area contributed by atoms with Gasteiger partial charge < -0.3 is 10.2 Å². The molecule has 1 saturated heterocycles. The fourth-order valence-corrected chi connectivity index (χ4v) is 2.83. The third kappa shape index (κ3) is 3.71. The molecular formula is C15H21ClN2O. The van der Waals surface area contributed by atoms with Gasteiger partial charge in [0, 0.05) is 24.2 Å². The van der Waals surface area contributed by atoms with Gasteiger partial charge in [-0.05, 0) is 62.5 Å². The maximum absolute atomic E-state index is 12.4. The van der Waals surface area contributed by atoms with Gasteiger partial charge in [0.1, 0.15) is 0 Å². The van der Waals surface area contributed by atoms with Gasteiger partial charge in [-0.2, -0.15) is 0 Å². The first-order chi connectivity index (χ1) is 9.08. The van der Waals surface area contributed by atoms with Crippen LogP contribution < -0.4 is 5.32 Å². The van der Waals surface area contributed by atoms with E-state index in [9.17, 15) is 4.79 Å². The predicted molar refractivity (Wildman–Crippen MR) is 78.7 cm³/mol. The van der Waals surface area contributed by atoms with E-state index >= 15 is 0 Å². The van der Waals surface area contributed by atoms with Crippen molar-refractivity contribution in [3.05, 3.63) is 34.3 Å². The van der Waals surface area contributed by atoms with Gasteiger partial charge in [-0.25, -0.2) is 0 Å². The molecular weight excluding hydrogens is 260 g/mol. The second-order valence-electron chi connectivity index (χ2n) is 5.34. The number of aryl methyl sites for hydroxylation is 1. The average Bonchev–Trinajstić information content (AvgIpc) is 2.39. The zero-order valence-corrected chi connectivity index (χ0v) is 12.3. The van der Waals surface area contributed by atoms with Crippen LogP contribution >= 0.6 is 11.6 Å². The van der Waals surface area contributed by atoms with Crippen LogP contribution in [0.1, 0.15) is 28.8 Å². The summed E-state index contributed by atoms with van der Waals surface area (Å²) in [6.07, 6.45) is 2.30. The van der Waals surface area contributed by atoms with Gasteiger partial charge in [0.05, 0.1) is 0 Å². The van der Waals surface area contributed by atoms with E-state index in [-0.39, 0.29) is 5.91 Å². The minimum atomic E-state index is 0.0905. The van der Waals surface area contributed by atoms with E-state index in [0.29, 0.717) is 10.9 Å². The number of hydrogen-bond donors (Lipinski definition) is 1. The minimum Gasteiger partial charge on any atom is -0.341 e. The van der Waals surface area contributed by atoms with E-state index in [1.165, 1.54) is 0 Å². The van der Waals surface area contributed by atoms with Crippen molar-refractivity contribution < 1.29 is 4.79 Å². The SMILES string of the molecule is Cc1cc(Cl)ccc1C(=O)N(C)CC1CCNCC1. The molecule has 0 spiro atoms. The predicted octanol–water partition coefficient (Wildman–Crippen LogP) is 2.72. The van der Waals surface area contributed by atoms with Crippen LogP contribution in [-0.2, 0) is 0 Å². The maximum atomic E-state index is 12.4. The maximum Gasteiger partial charge on any atom is 0.253 e. The lowest BCUT2D eigenvalue weighted by atomic mass is 9.97. The molecule has 104 valence electrons. The van der Waals surface area contributed by atoms with Gasteiger partial charge >= 0.3 is 0 Å². The first-order valence-corrected chi connectivity index (χ1v) is 7.18. The number of nitrogens with one attached hydrogen (secondary N) is 1. The van der Waals surface area contributed by atoms with E-state index in [4.69, 9.17) is 11.6 Å². The van der Waals surface area contributed by atoms with Crippen molar-refractivity contribution in [2.45, 2.75) is 19.8 Å². The first-order valence-electron chi connectivity index (χ1n) is 6.80. The summed E-state index contributed by atoms with van der Waals surface area (Å²) in [5.41, 5.74) is 1.69. The van der Waals surface area contributed by atoms with Crippen molar-refractivity contribution >= 4 is 17.5 Å². The lowest BCUT2D eigenvalue weighted by Crippen LogP contribution is -2.37. The van der Waals surface area contributed by atoms with E-state index < -0.39 is 0 Å². The molecule has 1 aromatic rings. The summed E-state index contributed by atoms with van der Waals surface area (Å²) >= 11 is 5.92. The molecule has 1 N–H and O–H groups in total. The highest BCUT2D eigenvalue weighted by Gasteiger charge is 2.19. The summed E-state index contributed by atoms with van der Waals surface area (Å²) in [4.78, 5) is 14.3. The van der Waals surface area contributed by atoms with Crippen LogP contribution in [0.4, 0.5) is 0 Å². The summed E-state index contributed by atoms with van der Waals surface area (Å²) in [7, 11) is 1.89. The van der Waals surface area contributed by atoms with Gasteiger partial charge in [-0.3, -0.25) is 4.79 Å². The van der Waals surface area contributed by atoms with E-state index in [1.54, 1.807) is 6.07 Å². The molecule has 0 unspecified atom stereocenters. The summed E-state index contributed by atoms with van der Waals surface area (Å²) in [6.45, 7) is 4.89. The monoisotopic (exact) mass is 280 g/mol. The smallest absolute Gasteiger partial charge is 0.253 e. The summed E-state index contributed by atoms with van der Waals surface area (Å²) in [5, 5.41) is 4.02. The average molecular weight is 281 g/mol. The normalized spacial score (nSPS) is 16.4.